The number of rotatable bonds is 14. The Morgan fingerprint density at radius 2 is 1.48 bits per heavy atom. The van der Waals surface area contributed by atoms with E-state index in [-0.39, 0.29) is 30.5 Å². The van der Waals surface area contributed by atoms with Gasteiger partial charge in [-0.1, -0.05) is 77.2 Å². The van der Waals surface area contributed by atoms with Crippen molar-refractivity contribution in [1.29, 1.82) is 0 Å². The number of hydrogen-bond donors (Lipinski definition) is 1. The fourth-order valence-corrected chi connectivity index (χ4v) is 4.60. The van der Waals surface area contributed by atoms with E-state index >= 15 is 0 Å². The molecule has 2 heterocycles. The van der Waals surface area contributed by atoms with Gasteiger partial charge in [0.25, 0.3) is 0 Å². The van der Waals surface area contributed by atoms with Crippen molar-refractivity contribution in [2.24, 2.45) is 0 Å². The molecule has 2 saturated heterocycles. The van der Waals surface area contributed by atoms with Crippen molar-refractivity contribution >= 4 is 0 Å². The summed E-state index contributed by atoms with van der Waals surface area (Å²) in [4.78, 5) is 0. The Morgan fingerprint density at radius 1 is 0.852 bits per heavy atom. The minimum absolute atomic E-state index is 0.0151. The van der Waals surface area contributed by atoms with Gasteiger partial charge in [-0.05, 0) is 38.5 Å². The first-order chi connectivity index (χ1) is 13.2. The zero-order valence-electron chi connectivity index (χ0n) is 17.7. The van der Waals surface area contributed by atoms with E-state index in [1.165, 1.54) is 64.2 Å². The molecule has 2 rings (SSSR count). The van der Waals surface area contributed by atoms with Crippen LogP contribution in [-0.4, -0.2) is 35.6 Å². The van der Waals surface area contributed by atoms with E-state index in [1.807, 2.05) is 6.08 Å². The Bertz CT molecular complexity index is 384. The highest BCUT2D eigenvalue weighted by atomic mass is 16.6. The molecule has 2 aliphatic heterocycles. The highest BCUT2D eigenvalue weighted by molar-refractivity contribution is 4.90. The highest BCUT2D eigenvalue weighted by Gasteiger charge is 2.37. The molecule has 2 fully saturated rings. The molecule has 0 aromatic rings. The number of aliphatic hydroxyl groups is 1. The Morgan fingerprint density at radius 3 is 2.15 bits per heavy atom. The smallest absolute Gasteiger partial charge is 0.0844 e. The van der Waals surface area contributed by atoms with Crippen LogP contribution in [0, 0.1) is 0 Å². The Hall–Kier alpha value is -0.380. The van der Waals surface area contributed by atoms with Crippen molar-refractivity contribution in [3.8, 4) is 0 Å². The van der Waals surface area contributed by atoms with E-state index in [1.54, 1.807) is 0 Å². The number of hydrogen-bond acceptors (Lipinski definition) is 3. The van der Waals surface area contributed by atoms with Crippen LogP contribution in [0.1, 0.15) is 110 Å². The van der Waals surface area contributed by atoms with Gasteiger partial charge in [-0.25, -0.2) is 0 Å². The van der Waals surface area contributed by atoms with Gasteiger partial charge < -0.3 is 14.6 Å². The predicted molar refractivity (Wildman–Crippen MR) is 113 cm³/mol. The van der Waals surface area contributed by atoms with Gasteiger partial charge in [-0.15, -0.1) is 6.58 Å². The predicted octanol–water partition coefficient (Wildman–Crippen LogP) is 6.33. The lowest BCUT2D eigenvalue weighted by Crippen LogP contribution is -2.37. The standard InChI is InChI=1S/C24H44O3/c1-3-5-6-7-8-9-10-11-12-13-16-21(25)22-18-19-24(27-22)23-17-14-15-20(4-2)26-23/h4,20-25H,2-3,5-19H2,1H3/t20-,21-,22-,23-,24-/m1/s1. The Labute approximate surface area is 167 Å². The third-order valence-electron chi connectivity index (χ3n) is 6.37. The molecule has 0 saturated carbocycles. The zero-order chi connectivity index (χ0) is 19.3. The molecule has 1 N–H and O–H groups in total. The van der Waals surface area contributed by atoms with Gasteiger partial charge in [0.15, 0.2) is 0 Å². The third-order valence-corrected chi connectivity index (χ3v) is 6.37. The van der Waals surface area contributed by atoms with Gasteiger partial charge in [-0.3, -0.25) is 0 Å². The van der Waals surface area contributed by atoms with E-state index in [4.69, 9.17) is 9.47 Å². The lowest BCUT2D eigenvalue weighted by atomic mass is 9.98. The minimum Gasteiger partial charge on any atom is -0.390 e. The summed E-state index contributed by atoms with van der Waals surface area (Å²) < 4.78 is 12.3. The first-order valence-electron chi connectivity index (χ1n) is 11.9. The van der Waals surface area contributed by atoms with Gasteiger partial charge in [0.05, 0.1) is 30.5 Å². The van der Waals surface area contributed by atoms with E-state index in [0.717, 1.165) is 38.5 Å². The Balaban J connectivity index is 1.49. The summed E-state index contributed by atoms with van der Waals surface area (Å²) in [7, 11) is 0. The molecule has 0 aliphatic carbocycles. The summed E-state index contributed by atoms with van der Waals surface area (Å²) in [6.45, 7) is 6.13. The van der Waals surface area contributed by atoms with Crippen LogP contribution < -0.4 is 0 Å². The molecule has 2 aliphatic rings. The highest BCUT2D eigenvalue weighted by Crippen LogP contribution is 2.32. The molecule has 0 spiro atoms. The van der Waals surface area contributed by atoms with E-state index in [0.29, 0.717) is 0 Å². The average Bonchev–Trinajstić information content (AvgIpc) is 3.20. The zero-order valence-corrected chi connectivity index (χ0v) is 17.7. The quantitative estimate of drug-likeness (QED) is 0.283. The maximum Gasteiger partial charge on any atom is 0.0844 e. The van der Waals surface area contributed by atoms with Crippen molar-refractivity contribution in [3.63, 3.8) is 0 Å². The molecule has 0 aromatic carbocycles. The van der Waals surface area contributed by atoms with Crippen LogP contribution in [0.2, 0.25) is 0 Å². The van der Waals surface area contributed by atoms with Crippen LogP contribution >= 0.6 is 0 Å². The van der Waals surface area contributed by atoms with E-state index in [2.05, 4.69) is 13.5 Å². The molecule has 3 heteroatoms. The summed E-state index contributed by atoms with van der Waals surface area (Å²) in [5.74, 6) is 0. The minimum atomic E-state index is -0.303. The number of unbranched alkanes of at least 4 members (excludes halogenated alkanes) is 9. The van der Waals surface area contributed by atoms with Crippen LogP contribution in [-0.2, 0) is 9.47 Å². The van der Waals surface area contributed by atoms with E-state index in [9.17, 15) is 5.11 Å². The first kappa shape index (κ1) is 22.9. The second-order valence-corrected chi connectivity index (χ2v) is 8.71. The van der Waals surface area contributed by atoms with Crippen molar-refractivity contribution in [3.05, 3.63) is 12.7 Å². The van der Waals surface area contributed by atoms with Gasteiger partial charge in [0.1, 0.15) is 0 Å². The molecule has 0 radical (unpaired) electrons. The molecule has 158 valence electrons. The van der Waals surface area contributed by atoms with E-state index < -0.39 is 0 Å². The van der Waals surface area contributed by atoms with Crippen molar-refractivity contribution in [2.45, 2.75) is 140 Å². The molecule has 0 amide bonds. The second-order valence-electron chi connectivity index (χ2n) is 8.71. The maximum absolute atomic E-state index is 10.5. The fourth-order valence-electron chi connectivity index (χ4n) is 4.60. The molecule has 0 aromatic heterocycles. The third kappa shape index (κ3) is 8.66. The molecular weight excluding hydrogens is 336 g/mol. The lowest BCUT2D eigenvalue weighted by Gasteiger charge is -2.32. The number of aliphatic hydroxyl groups excluding tert-OH is 1. The van der Waals surface area contributed by atoms with Crippen molar-refractivity contribution in [1.82, 2.24) is 0 Å². The van der Waals surface area contributed by atoms with Crippen LogP contribution in [0.15, 0.2) is 12.7 Å². The van der Waals surface area contributed by atoms with Crippen LogP contribution in [0.5, 0.6) is 0 Å². The molecule has 0 bridgehead atoms. The molecule has 5 atom stereocenters. The SMILES string of the molecule is C=C[C@@H]1CCC[C@H]([C@H]2CC[C@H]([C@H](O)CCCCCCCCCCCC)O2)O1. The second kappa shape index (κ2) is 13.7. The molecule has 0 unspecified atom stereocenters. The first-order valence-corrected chi connectivity index (χ1v) is 11.9. The summed E-state index contributed by atoms with van der Waals surface area (Å²) in [6, 6.07) is 0. The lowest BCUT2D eigenvalue weighted by molar-refractivity contribution is -0.124. The van der Waals surface area contributed by atoms with Crippen LogP contribution in [0.3, 0.4) is 0 Å². The monoisotopic (exact) mass is 380 g/mol. The van der Waals surface area contributed by atoms with Gasteiger partial charge in [0, 0.05) is 0 Å². The summed E-state index contributed by atoms with van der Waals surface area (Å²) in [5.41, 5.74) is 0. The normalized spacial score (nSPS) is 29.7. The average molecular weight is 381 g/mol. The van der Waals surface area contributed by atoms with Crippen LogP contribution in [0.4, 0.5) is 0 Å². The number of ether oxygens (including phenoxy) is 2. The maximum atomic E-state index is 10.5. The van der Waals surface area contributed by atoms with Gasteiger partial charge >= 0.3 is 0 Å². The van der Waals surface area contributed by atoms with Crippen LogP contribution in [0.25, 0.3) is 0 Å². The summed E-state index contributed by atoms with van der Waals surface area (Å²) >= 11 is 0. The molecule has 27 heavy (non-hydrogen) atoms. The topological polar surface area (TPSA) is 38.7 Å². The fraction of sp³-hybridized carbons (Fsp3) is 0.917. The molecular formula is C24H44O3. The van der Waals surface area contributed by atoms with Gasteiger partial charge in [0.2, 0.25) is 0 Å². The largest absolute Gasteiger partial charge is 0.390 e. The van der Waals surface area contributed by atoms with Crippen molar-refractivity contribution in [2.75, 3.05) is 0 Å². The summed E-state index contributed by atoms with van der Waals surface area (Å²) in [5, 5.41) is 10.5. The summed E-state index contributed by atoms with van der Waals surface area (Å²) in [6.07, 6.45) is 21.8. The molecule has 3 nitrogen and oxygen atoms in total. The Kier molecular flexibility index (Phi) is 11.7. The van der Waals surface area contributed by atoms with Gasteiger partial charge in [-0.2, -0.15) is 0 Å². The van der Waals surface area contributed by atoms with Crippen molar-refractivity contribution < 1.29 is 14.6 Å².